The van der Waals surface area contributed by atoms with Crippen molar-refractivity contribution in [2.24, 2.45) is 0 Å². The molecule has 0 aliphatic heterocycles. The monoisotopic (exact) mass is 780 g/mol. The predicted molar refractivity (Wildman–Crippen MR) is 237 cm³/mol. The van der Waals surface area contributed by atoms with Gasteiger partial charge in [-0.15, -0.1) is 0 Å². The Morgan fingerprint density at radius 2 is 0.764 bits per heavy atom. The van der Waals surface area contributed by atoms with E-state index in [0.29, 0.717) is 19.3 Å². The number of rotatable bonds is 45. The minimum Gasteiger partial charge on any atom is -0.462 e. The van der Waals surface area contributed by atoms with E-state index >= 15 is 0 Å². The first kappa shape index (κ1) is 53.9. The van der Waals surface area contributed by atoms with Crippen LogP contribution in [0.25, 0.3) is 0 Å². The summed E-state index contributed by atoms with van der Waals surface area (Å²) < 4.78 is 5.92. The Morgan fingerprint density at radius 1 is 0.455 bits per heavy atom. The van der Waals surface area contributed by atoms with E-state index in [4.69, 9.17) is 4.74 Å². The molecule has 0 bridgehead atoms. The third kappa shape index (κ3) is 39.5. The summed E-state index contributed by atoms with van der Waals surface area (Å²) in [6, 6.07) is -0.691. The van der Waals surface area contributed by atoms with Crippen molar-refractivity contribution >= 4 is 11.9 Å². The maximum absolute atomic E-state index is 13.2. The van der Waals surface area contributed by atoms with Gasteiger partial charge in [-0.1, -0.05) is 239 Å². The summed E-state index contributed by atoms with van der Waals surface area (Å²) in [4.78, 5) is 26.0. The molecule has 6 nitrogen and oxygen atoms in total. The van der Waals surface area contributed by atoms with Crippen molar-refractivity contribution in [1.82, 2.24) is 5.32 Å². The number of aliphatic hydroxyl groups excluding tert-OH is 2. The van der Waals surface area contributed by atoms with Crippen molar-refractivity contribution in [3.63, 3.8) is 0 Å². The van der Waals surface area contributed by atoms with Crippen LogP contribution >= 0.6 is 0 Å². The van der Waals surface area contributed by atoms with Gasteiger partial charge in [0.2, 0.25) is 5.91 Å². The zero-order valence-electron chi connectivity index (χ0n) is 37.3. The van der Waals surface area contributed by atoms with Gasteiger partial charge in [-0.3, -0.25) is 9.59 Å². The molecule has 0 aromatic heterocycles. The van der Waals surface area contributed by atoms with Crippen LogP contribution in [-0.2, 0) is 14.3 Å². The molecule has 3 unspecified atom stereocenters. The van der Waals surface area contributed by atoms with Crippen LogP contribution in [0, 0.1) is 0 Å². The van der Waals surface area contributed by atoms with Gasteiger partial charge in [-0.05, 0) is 25.7 Å². The number of unbranched alkanes of at least 4 members (excludes halogenated alkanes) is 33. The van der Waals surface area contributed by atoms with Crippen LogP contribution < -0.4 is 5.32 Å². The standard InChI is InChI=1S/C49H97NO5/c1-4-7-10-13-16-19-22-24-26-28-31-34-37-40-45(55-49(54)42-39-36-33-30-25-21-18-15-12-9-6-3)43-48(53)50-46(44-51)47(52)41-38-35-32-29-27-23-20-17-14-11-8-5-2/h45-47,51-52H,4-44H2,1-3H3,(H,50,53). The van der Waals surface area contributed by atoms with E-state index in [0.717, 1.165) is 44.9 Å². The van der Waals surface area contributed by atoms with Crippen LogP contribution in [-0.4, -0.2) is 46.9 Å². The molecule has 328 valence electrons. The number of ether oxygens (including phenoxy) is 1. The minimum atomic E-state index is -0.778. The molecule has 0 fully saturated rings. The molecule has 0 aromatic rings. The van der Waals surface area contributed by atoms with Gasteiger partial charge in [-0.25, -0.2) is 0 Å². The van der Waals surface area contributed by atoms with Gasteiger partial charge in [0, 0.05) is 6.42 Å². The topological polar surface area (TPSA) is 95.9 Å². The Bertz CT molecular complexity index is 791. The Morgan fingerprint density at radius 3 is 1.11 bits per heavy atom. The maximum Gasteiger partial charge on any atom is 0.306 e. The first-order valence-electron chi connectivity index (χ1n) is 24.8. The van der Waals surface area contributed by atoms with Crippen molar-refractivity contribution in [2.45, 2.75) is 296 Å². The highest BCUT2D eigenvalue weighted by atomic mass is 16.5. The number of hydrogen-bond acceptors (Lipinski definition) is 5. The van der Waals surface area contributed by atoms with Gasteiger partial charge in [0.15, 0.2) is 0 Å². The summed E-state index contributed by atoms with van der Waals surface area (Å²) in [6.07, 6.45) is 45.8. The smallest absolute Gasteiger partial charge is 0.306 e. The Balaban J connectivity index is 4.53. The third-order valence-corrected chi connectivity index (χ3v) is 11.7. The maximum atomic E-state index is 13.2. The molecule has 6 heteroatoms. The molecule has 0 heterocycles. The Labute approximate surface area is 343 Å². The van der Waals surface area contributed by atoms with Gasteiger partial charge < -0.3 is 20.3 Å². The SMILES string of the molecule is CCCCCCCCCCCCCCCC(CC(=O)NC(CO)C(O)CCCCCCCCCCCCCC)OC(=O)CCCCCCCCCCCCC. The number of hydrogen-bond donors (Lipinski definition) is 3. The molecule has 1 amide bonds. The van der Waals surface area contributed by atoms with Crippen molar-refractivity contribution in [3.05, 3.63) is 0 Å². The molecule has 55 heavy (non-hydrogen) atoms. The first-order chi connectivity index (χ1) is 27.0. The number of carbonyl (C=O) groups is 2. The second kappa shape index (κ2) is 44.0. The second-order valence-corrected chi connectivity index (χ2v) is 17.2. The minimum absolute atomic E-state index is 0.0874. The highest BCUT2D eigenvalue weighted by Gasteiger charge is 2.24. The fourth-order valence-electron chi connectivity index (χ4n) is 7.90. The molecule has 0 saturated carbocycles. The van der Waals surface area contributed by atoms with E-state index in [1.807, 2.05) is 0 Å². The number of esters is 1. The highest BCUT2D eigenvalue weighted by molar-refractivity contribution is 5.77. The number of nitrogens with one attached hydrogen (secondary N) is 1. The van der Waals surface area contributed by atoms with E-state index < -0.39 is 18.2 Å². The fourth-order valence-corrected chi connectivity index (χ4v) is 7.90. The summed E-state index contributed by atoms with van der Waals surface area (Å²) in [7, 11) is 0. The molecule has 0 spiro atoms. The molecule has 0 radical (unpaired) electrons. The number of amides is 1. The summed E-state index contributed by atoms with van der Waals surface area (Å²) >= 11 is 0. The zero-order valence-corrected chi connectivity index (χ0v) is 37.3. The van der Waals surface area contributed by atoms with Crippen molar-refractivity contribution in [2.75, 3.05) is 6.61 Å². The molecular formula is C49H97NO5. The van der Waals surface area contributed by atoms with Crippen LogP contribution in [0.3, 0.4) is 0 Å². The largest absolute Gasteiger partial charge is 0.462 e. The Hall–Kier alpha value is -1.14. The molecule has 3 N–H and O–H groups in total. The summed E-state index contributed by atoms with van der Waals surface area (Å²) in [5.74, 6) is -0.455. The van der Waals surface area contributed by atoms with Crippen molar-refractivity contribution in [1.29, 1.82) is 0 Å². The molecular weight excluding hydrogens is 683 g/mol. The van der Waals surface area contributed by atoms with E-state index in [2.05, 4.69) is 26.1 Å². The van der Waals surface area contributed by atoms with Crippen molar-refractivity contribution in [3.8, 4) is 0 Å². The third-order valence-electron chi connectivity index (χ3n) is 11.7. The predicted octanol–water partition coefficient (Wildman–Crippen LogP) is 14.4. The molecule has 0 saturated heterocycles. The lowest BCUT2D eigenvalue weighted by Gasteiger charge is -2.24. The number of carbonyl (C=O) groups excluding carboxylic acids is 2. The van der Waals surface area contributed by atoms with E-state index in [1.54, 1.807) is 0 Å². The second-order valence-electron chi connectivity index (χ2n) is 17.2. The fraction of sp³-hybridized carbons (Fsp3) is 0.959. The lowest BCUT2D eigenvalue weighted by atomic mass is 10.0. The summed E-state index contributed by atoms with van der Waals surface area (Å²) in [6.45, 7) is 6.49. The number of aliphatic hydroxyl groups is 2. The van der Waals surface area contributed by atoms with Gasteiger partial charge in [0.1, 0.15) is 6.10 Å². The van der Waals surface area contributed by atoms with E-state index in [9.17, 15) is 19.8 Å². The molecule has 0 aliphatic rings. The van der Waals surface area contributed by atoms with Gasteiger partial charge in [-0.2, -0.15) is 0 Å². The lowest BCUT2D eigenvalue weighted by molar-refractivity contribution is -0.151. The van der Waals surface area contributed by atoms with Gasteiger partial charge in [0.25, 0.3) is 0 Å². The normalized spacial score (nSPS) is 13.2. The average Bonchev–Trinajstić information content (AvgIpc) is 3.18. The van der Waals surface area contributed by atoms with Gasteiger partial charge in [0.05, 0.1) is 25.2 Å². The molecule has 0 aliphatic carbocycles. The lowest BCUT2D eigenvalue weighted by Crippen LogP contribution is -2.46. The highest BCUT2D eigenvalue weighted by Crippen LogP contribution is 2.18. The first-order valence-corrected chi connectivity index (χ1v) is 24.8. The van der Waals surface area contributed by atoms with Crippen LogP contribution in [0.4, 0.5) is 0 Å². The van der Waals surface area contributed by atoms with Crippen LogP contribution in [0.5, 0.6) is 0 Å². The summed E-state index contributed by atoms with van der Waals surface area (Å²) in [5, 5.41) is 23.7. The molecule has 0 aromatic carbocycles. The van der Waals surface area contributed by atoms with Crippen LogP contribution in [0.15, 0.2) is 0 Å². The molecule has 3 atom stereocenters. The van der Waals surface area contributed by atoms with Gasteiger partial charge >= 0.3 is 5.97 Å². The van der Waals surface area contributed by atoms with Crippen LogP contribution in [0.1, 0.15) is 278 Å². The molecule has 0 rings (SSSR count). The zero-order chi connectivity index (χ0) is 40.3. The van der Waals surface area contributed by atoms with E-state index in [-0.39, 0.29) is 24.9 Å². The van der Waals surface area contributed by atoms with Crippen molar-refractivity contribution < 1.29 is 24.5 Å². The average molecular weight is 780 g/mol. The van der Waals surface area contributed by atoms with Crippen LogP contribution in [0.2, 0.25) is 0 Å². The quantitative estimate of drug-likeness (QED) is 0.0422. The Kier molecular flexibility index (Phi) is 43.1. The van der Waals surface area contributed by atoms with E-state index in [1.165, 1.54) is 186 Å². The summed E-state index contributed by atoms with van der Waals surface area (Å²) in [5.41, 5.74) is 0.